The first kappa shape index (κ1) is 13.4. The van der Waals surface area contributed by atoms with Crippen LogP contribution in [0.1, 0.15) is 45.1 Å². The van der Waals surface area contributed by atoms with E-state index in [0.29, 0.717) is 12.0 Å². The van der Waals surface area contributed by atoms with Crippen molar-refractivity contribution in [2.24, 2.45) is 11.1 Å². The minimum Gasteiger partial charge on any atom is -0.370 e. The lowest BCUT2D eigenvalue weighted by atomic mass is 9.72. The molecule has 1 fully saturated rings. The first-order valence-corrected chi connectivity index (χ1v) is 7.27. The average Bonchev–Trinajstić information content (AvgIpc) is 2.36. The fourth-order valence-corrected chi connectivity index (χ4v) is 3.29. The molecule has 2 heteroatoms. The van der Waals surface area contributed by atoms with E-state index in [2.05, 4.69) is 43.0 Å². The van der Waals surface area contributed by atoms with Crippen molar-refractivity contribution in [3.63, 3.8) is 0 Å². The molecule has 0 saturated carbocycles. The highest BCUT2D eigenvalue weighted by Crippen LogP contribution is 2.41. The van der Waals surface area contributed by atoms with Gasteiger partial charge in [-0.25, -0.2) is 0 Å². The van der Waals surface area contributed by atoms with Gasteiger partial charge in [-0.05, 0) is 30.5 Å². The van der Waals surface area contributed by atoms with Crippen molar-refractivity contribution in [1.29, 1.82) is 0 Å². The maximum atomic E-state index is 5.63. The van der Waals surface area contributed by atoms with Crippen molar-refractivity contribution >= 4 is 5.69 Å². The van der Waals surface area contributed by atoms with Crippen LogP contribution in [0.25, 0.3) is 0 Å². The molecule has 0 aromatic heterocycles. The largest absolute Gasteiger partial charge is 0.370 e. The highest BCUT2D eigenvalue weighted by atomic mass is 15.2. The van der Waals surface area contributed by atoms with Crippen LogP contribution in [0, 0.1) is 5.41 Å². The maximum absolute atomic E-state index is 5.63. The molecule has 2 N–H and O–H groups in total. The molecule has 2 rings (SSSR count). The average molecular weight is 246 g/mol. The van der Waals surface area contributed by atoms with Crippen LogP contribution in [0.4, 0.5) is 5.69 Å². The van der Waals surface area contributed by atoms with Gasteiger partial charge >= 0.3 is 0 Å². The second-order valence-electron chi connectivity index (χ2n) is 5.73. The second kappa shape index (κ2) is 5.75. The molecule has 1 heterocycles. The monoisotopic (exact) mass is 246 g/mol. The van der Waals surface area contributed by atoms with Crippen LogP contribution in [0.3, 0.4) is 0 Å². The number of nitrogens with zero attached hydrogens (tertiary/aromatic N) is 1. The topological polar surface area (TPSA) is 29.3 Å². The lowest BCUT2D eigenvalue weighted by Crippen LogP contribution is -2.56. The summed E-state index contributed by atoms with van der Waals surface area (Å²) in [6.07, 6.45) is 5.36. The van der Waals surface area contributed by atoms with Crippen LogP contribution in [0.15, 0.2) is 24.3 Å². The SMILES string of the molecule is CCCC1(CCC)CN(c2ccc(CN)cc2)C1. The Labute approximate surface area is 111 Å². The van der Waals surface area contributed by atoms with E-state index in [9.17, 15) is 0 Å². The fraction of sp³-hybridized carbons (Fsp3) is 0.625. The number of hydrogen-bond donors (Lipinski definition) is 1. The van der Waals surface area contributed by atoms with Gasteiger partial charge < -0.3 is 10.6 Å². The highest BCUT2D eigenvalue weighted by molar-refractivity contribution is 5.50. The predicted molar refractivity (Wildman–Crippen MR) is 78.8 cm³/mol. The first-order valence-electron chi connectivity index (χ1n) is 7.27. The van der Waals surface area contributed by atoms with Crippen molar-refractivity contribution in [3.8, 4) is 0 Å². The zero-order valence-electron chi connectivity index (χ0n) is 11.8. The van der Waals surface area contributed by atoms with E-state index in [-0.39, 0.29) is 0 Å². The third kappa shape index (κ3) is 2.69. The molecule has 0 aliphatic carbocycles. The zero-order valence-corrected chi connectivity index (χ0v) is 11.8. The van der Waals surface area contributed by atoms with Gasteiger partial charge in [0.1, 0.15) is 0 Å². The van der Waals surface area contributed by atoms with Crippen LogP contribution in [-0.2, 0) is 6.54 Å². The van der Waals surface area contributed by atoms with Crippen molar-refractivity contribution in [2.75, 3.05) is 18.0 Å². The van der Waals surface area contributed by atoms with Crippen LogP contribution in [0.5, 0.6) is 0 Å². The lowest BCUT2D eigenvalue weighted by Gasteiger charge is -2.52. The number of anilines is 1. The Kier molecular flexibility index (Phi) is 4.28. The van der Waals surface area contributed by atoms with Crippen LogP contribution in [-0.4, -0.2) is 13.1 Å². The van der Waals surface area contributed by atoms with Gasteiger partial charge in [0.2, 0.25) is 0 Å². The van der Waals surface area contributed by atoms with Crippen molar-refractivity contribution in [3.05, 3.63) is 29.8 Å². The molecule has 0 atom stereocenters. The molecular formula is C16H26N2. The molecule has 1 aliphatic rings. The summed E-state index contributed by atoms with van der Waals surface area (Å²) in [6.45, 7) is 7.70. The van der Waals surface area contributed by atoms with E-state index >= 15 is 0 Å². The molecule has 18 heavy (non-hydrogen) atoms. The Bertz CT molecular complexity index is 355. The quantitative estimate of drug-likeness (QED) is 0.831. The molecule has 2 nitrogen and oxygen atoms in total. The molecule has 0 radical (unpaired) electrons. The van der Waals surface area contributed by atoms with Crippen LogP contribution >= 0.6 is 0 Å². The molecule has 1 saturated heterocycles. The van der Waals surface area contributed by atoms with Crippen molar-refractivity contribution in [1.82, 2.24) is 0 Å². The third-order valence-corrected chi connectivity index (χ3v) is 4.15. The summed E-state index contributed by atoms with van der Waals surface area (Å²) in [5.41, 5.74) is 8.80. The standard InChI is InChI=1S/C16H26N2/c1-3-9-16(10-4-2)12-18(13-16)15-7-5-14(11-17)6-8-15/h5-8H,3-4,9-13,17H2,1-2H3. The zero-order chi connectivity index (χ0) is 13.0. The van der Waals surface area contributed by atoms with Gasteiger partial charge in [-0.1, -0.05) is 38.8 Å². The maximum Gasteiger partial charge on any atom is 0.0366 e. The molecule has 0 spiro atoms. The summed E-state index contributed by atoms with van der Waals surface area (Å²) in [7, 11) is 0. The second-order valence-corrected chi connectivity index (χ2v) is 5.73. The number of hydrogen-bond acceptors (Lipinski definition) is 2. The fourth-order valence-electron chi connectivity index (χ4n) is 3.29. The Hall–Kier alpha value is -1.02. The van der Waals surface area contributed by atoms with Crippen molar-refractivity contribution < 1.29 is 0 Å². The van der Waals surface area contributed by atoms with Gasteiger partial charge in [0.15, 0.2) is 0 Å². The van der Waals surface area contributed by atoms with Crippen molar-refractivity contribution in [2.45, 2.75) is 46.1 Å². The summed E-state index contributed by atoms with van der Waals surface area (Å²) in [5, 5.41) is 0. The Morgan fingerprint density at radius 2 is 1.61 bits per heavy atom. The van der Waals surface area contributed by atoms with E-state index in [0.717, 1.165) is 0 Å². The summed E-state index contributed by atoms with van der Waals surface area (Å²) in [4.78, 5) is 2.51. The highest BCUT2D eigenvalue weighted by Gasteiger charge is 2.41. The van der Waals surface area contributed by atoms with Gasteiger partial charge in [0, 0.05) is 30.7 Å². The normalized spacial score (nSPS) is 17.6. The van der Waals surface area contributed by atoms with Gasteiger partial charge in [0.25, 0.3) is 0 Å². The van der Waals surface area contributed by atoms with Gasteiger partial charge in [-0.15, -0.1) is 0 Å². The molecule has 1 aromatic carbocycles. The first-order chi connectivity index (χ1) is 8.73. The Balaban J connectivity index is 1.97. The molecule has 0 amide bonds. The molecular weight excluding hydrogens is 220 g/mol. The lowest BCUT2D eigenvalue weighted by molar-refractivity contribution is 0.173. The number of rotatable bonds is 6. The van der Waals surface area contributed by atoms with E-state index in [1.54, 1.807) is 0 Å². The van der Waals surface area contributed by atoms with E-state index in [1.807, 2.05) is 0 Å². The summed E-state index contributed by atoms with van der Waals surface area (Å²) in [5.74, 6) is 0. The summed E-state index contributed by atoms with van der Waals surface area (Å²) in [6, 6.07) is 8.72. The predicted octanol–water partition coefficient (Wildman–Crippen LogP) is 3.55. The Morgan fingerprint density at radius 3 is 2.06 bits per heavy atom. The van der Waals surface area contributed by atoms with Gasteiger partial charge in [-0.2, -0.15) is 0 Å². The molecule has 1 aromatic rings. The van der Waals surface area contributed by atoms with E-state index in [4.69, 9.17) is 5.73 Å². The van der Waals surface area contributed by atoms with Crippen LogP contribution < -0.4 is 10.6 Å². The number of benzene rings is 1. The Morgan fingerprint density at radius 1 is 1.06 bits per heavy atom. The van der Waals surface area contributed by atoms with Crippen LogP contribution in [0.2, 0.25) is 0 Å². The van der Waals surface area contributed by atoms with E-state index < -0.39 is 0 Å². The molecule has 100 valence electrons. The summed E-state index contributed by atoms with van der Waals surface area (Å²) < 4.78 is 0. The number of nitrogens with two attached hydrogens (primary N) is 1. The molecule has 0 unspecified atom stereocenters. The molecule has 0 bridgehead atoms. The minimum absolute atomic E-state index is 0.593. The smallest absolute Gasteiger partial charge is 0.0366 e. The minimum atomic E-state index is 0.593. The van der Waals surface area contributed by atoms with E-state index in [1.165, 1.54) is 50.0 Å². The van der Waals surface area contributed by atoms with Gasteiger partial charge in [0.05, 0.1) is 0 Å². The van der Waals surface area contributed by atoms with Gasteiger partial charge in [-0.3, -0.25) is 0 Å². The summed E-state index contributed by atoms with van der Waals surface area (Å²) >= 11 is 0. The third-order valence-electron chi connectivity index (χ3n) is 4.15. The molecule has 1 aliphatic heterocycles.